The summed E-state index contributed by atoms with van der Waals surface area (Å²) in [7, 11) is 2.85. The lowest BCUT2D eigenvalue weighted by Crippen LogP contribution is -2.41. The number of aliphatic hydroxyl groups is 1. The van der Waals surface area contributed by atoms with Crippen molar-refractivity contribution in [3.8, 4) is 0 Å². The first-order valence-electron chi connectivity index (χ1n) is 10.5. The summed E-state index contributed by atoms with van der Waals surface area (Å²) in [6.07, 6.45) is 5.05. The molecule has 176 valence electrons. The Morgan fingerprint density at radius 1 is 1.18 bits per heavy atom. The molecule has 7 N–H and O–H groups in total. The molecule has 0 spiro atoms. The molecule has 0 aliphatic heterocycles. The van der Waals surface area contributed by atoms with Crippen molar-refractivity contribution in [2.75, 3.05) is 23.5 Å². The lowest BCUT2D eigenvalue weighted by atomic mass is 9.92. The zero-order valence-electron chi connectivity index (χ0n) is 18.7. The molecule has 3 rings (SSSR count). The number of nitrogens with two attached hydrogens (primary N) is 2. The average molecular weight is 471 g/mol. The van der Waals surface area contributed by atoms with Crippen LogP contribution in [0.15, 0.2) is 68.8 Å². The van der Waals surface area contributed by atoms with Gasteiger partial charge in [0, 0.05) is 25.7 Å². The molecular formula is C23H30N6O3S. The number of aromatic nitrogens is 2. The molecule has 1 aliphatic carbocycles. The van der Waals surface area contributed by atoms with E-state index in [-0.39, 0.29) is 18.1 Å². The van der Waals surface area contributed by atoms with Gasteiger partial charge in [0.05, 0.1) is 6.54 Å². The number of allylic oxidation sites excluding steroid dienone is 4. The third-order valence-corrected chi connectivity index (χ3v) is 6.21. The van der Waals surface area contributed by atoms with Gasteiger partial charge in [0.2, 0.25) is 0 Å². The first-order chi connectivity index (χ1) is 15.8. The Balaban J connectivity index is 1.48. The molecule has 0 bridgehead atoms. The van der Waals surface area contributed by atoms with Crippen LogP contribution < -0.4 is 33.3 Å². The molecule has 1 aliphatic rings. The highest BCUT2D eigenvalue weighted by Gasteiger charge is 2.14. The van der Waals surface area contributed by atoms with E-state index in [0.29, 0.717) is 11.6 Å². The number of anilines is 2. The SMILES string of the molecule is Cn1c(N)c(NCC(O)NCS/C=C(\N)C2=CC=C(c3ccccc3)CC2)c(=O)n(C)c1=O. The monoisotopic (exact) mass is 470 g/mol. The van der Waals surface area contributed by atoms with Crippen LogP contribution in [0.4, 0.5) is 11.5 Å². The van der Waals surface area contributed by atoms with Gasteiger partial charge in [-0.1, -0.05) is 42.5 Å². The summed E-state index contributed by atoms with van der Waals surface area (Å²) in [6.45, 7) is 0.0373. The Morgan fingerprint density at radius 3 is 2.58 bits per heavy atom. The van der Waals surface area contributed by atoms with Gasteiger partial charge in [-0.2, -0.15) is 0 Å². The van der Waals surface area contributed by atoms with E-state index in [1.807, 2.05) is 23.6 Å². The molecule has 1 heterocycles. The predicted molar refractivity (Wildman–Crippen MR) is 135 cm³/mol. The average Bonchev–Trinajstić information content (AvgIpc) is 2.84. The summed E-state index contributed by atoms with van der Waals surface area (Å²) in [4.78, 5) is 24.1. The topological polar surface area (TPSA) is 140 Å². The molecule has 0 amide bonds. The quantitative estimate of drug-likeness (QED) is 0.273. The van der Waals surface area contributed by atoms with Gasteiger partial charge in [0.15, 0.2) is 0 Å². The maximum atomic E-state index is 12.2. The molecule has 9 nitrogen and oxygen atoms in total. The molecule has 33 heavy (non-hydrogen) atoms. The molecular weight excluding hydrogens is 440 g/mol. The Morgan fingerprint density at radius 2 is 1.91 bits per heavy atom. The highest BCUT2D eigenvalue weighted by molar-refractivity contribution is 8.02. The Labute approximate surface area is 196 Å². The highest BCUT2D eigenvalue weighted by Crippen LogP contribution is 2.29. The van der Waals surface area contributed by atoms with E-state index >= 15 is 0 Å². The van der Waals surface area contributed by atoms with Crippen molar-refractivity contribution in [2.24, 2.45) is 19.8 Å². The van der Waals surface area contributed by atoms with Crippen LogP contribution in [0, 0.1) is 0 Å². The number of nitrogens with zero attached hydrogens (tertiary/aromatic N) is 2. The van der Waals surface area contributed by atoms with E-state index in [1.54, 1.807) is 0 Å². The summed E-state index contributed by atoms with van der Waals surface area (Å²) < 4.78 is 2.13. The lowest BCUT2D eigenvalue weighted by Gasteiger charge is -2.17. The molecule has 0 saturated heterocycles. The van der Waals surface area contributed by atoms with E-state index in [0.717, 1.165) is 23.0 Å². The third kappa shape index (κ3) is 5.98. The van der Waals surface area contributed by atoms with Crippen LogP contribution >= 0.6 is 11.8 Å². The lowest BCUT2D eigenvalue weighted by molar-refractivity contribution is 0.158. The molecule has 1 atom stereocenters. The summed E-state index contributed by atoms with van der Waals surface area (Å²) in [5.74, 6) is 0.438. The Bertz CT molecular complexity index is 1200. The van der Waals surface area contributed by atoms with Crippen molar-refractivity contribution in [3.63, 3.8) is 0 Å². The fraction of sp³-hybridized carbons (Fsp3) is 0.304. The van der Waals surface area contributed by atoms with Gasteiger partial charge in [-0.3, -0.25) is 19.2 Å². The van der Waals surface area contributed by atoms with Crippen molar-refractivity contribution in [1.82, 2.24) is 14.5 Å². The zero-order chi connectivity index (χ0) is 24.0. The van der Waals surface area contributed by atoms with Crippen LogP contribution in [0.25, 0.3) is 5.57 Å². The van der Waals surface area contributed by atoms with Crippen molar-refractivity contribution in [2.45, 2.75) is 19.1 Å². The van der Waals surface area contributed by atoms with E-state index in [2.05, 4.69) is 34.9 Å². The molecule has 1 aromatic heterocycles. The molecule has 2 aromatic rings. The van der Waals surface area contributed by atoms with Crippen LogP contribution in [0.5, 0.6) is 0 Å². The number of rotatable bonds is 9. The molecule has 0 saturated carbocycles. The maximum Gasteiger partial charge on any atom is 0.332 e. The second kappa shape index (κ2) is 11.1. The summed E-state index contributed by atoms with van der Waals surface area (Å²) >= 11 is 1.43. The van der Waals surface area contributed by atoms with E-state index < -0.39 is 17.5 Å². The fourth-order valence-electron chi connectivity index (χ4n) is 3.42. The van der Waals surface area contributed by atoms with Gasteiger partial charge in [-0.15, -0.1) is 11.8 Å². The summed E-state index contributed by atoms with van der Waals surface area (Å²) in [5, 5.41) is 17.8. The molecule has 1 unspecified atom stereocenters. The van der Waals surface area contributed by atoms with Gasteiger partial charge in [0.25, 0.3) is 5.56 Å². The van der Waals surface area contributed by atoms with Crippen LogP contribution in [0.2, 0.25) is 0 Å². The minimum atomic E-state index is -0.932. The normalized spacial score (nSPS) is 15.1. The number of aliphatic hydroxyl groups excluding tert-OH is 1. The first-order valence-corrected chi connectivity index (χ1v) is 11.6. The number of hydrogen-bond acceptors (Lipinski definition) is 8. The van der Waals surface area contributed by atoms with E-state index in [4.69, 9.17) is 11.5 Å². The van der Waals surface area contributed by atoms with Crippen molar-refractivity contribution in [3.05, 3.63) is 85.6 Å². The fourth-order valence-corrected chi connectivity index (χ4v) is 4.12. The zero-order valence-corrected chi connectivity index (χ0v) is 19.6. The van der Waals surface area contributed by atoms with Gasteiger partial charge < -0.3 is 21.9 Å². The molecule has 10 heteroatoms. The minimum Gasteiger partial charge on any atom is -0.398 e. The molecule has 0 radical (unpaired) electrons. The standard InChI is InChI=1S/C23H30N6O3S/c1-28-21(25)20(22(31)29(2)23(28)32)26-12-19(30)27-14-33-13-18(24)17-10-8-16(9-11-17)15-6-4-3-5-7-15/h3-8,10,13,19,26-27,30H,9,11-12,14,24-25H2,1-2H3/b18-13-. The second-order valence-corrected chi connectivity index (χ2v) is 8.56. The van der Waals surface area contributed by atoms with Crippen molar-refractivity contribution < 1.29 is 5.11 Å². The summed E-state index contributed by atoms with van der Waals surface area (Å²) in [5.41, 5.74) is 15.4. The van der Waals surface area contributed by atoms with E-state index in [9.17, 15) is 14.7 Å². The number of nitrogen functional groups attached to an aromatic ring is 1. The van der Waals surface area contributed by atoms with Crippen molar-refractivity contribution in [1.29, 1.82) is 0 Å². The molecule has 0 fully saturated rings. The molecule has 1 aromatic carbocycles. The highest BCUT2D eigenvalue weighted by atomic mass is 32.2. The van der Waals surface area contributed by atoms with Crippen molar-refractivity contribution >= 4 is 28.8 Å². The Kier molecular flexibility index (Phi) is 8.21. The first kappa shape index (κ1) is 24.4. The second-order valence-electron chi connectivity index (χ2n) is 7.70. The number of thioether (sulfide) groups is 1. The minimum absolute atomic E-state index is 0.0191. The van der Waals surface area contributed by atoms with Crippen LogP contribution in [0.1, 0.15) is 18.4 Å². The Hall–Kier alpha value is -3.21. The maximum absolute atomic E-state index is 12.2. The van der Waals surface area contributed by atoms with Crippen LogP contribution in [-0.2, 0) is 14.1 Å². The van der Waals surface area contributed by atoms with Gasteiger partial charge in [-0.05, 0) is 35.0 Å². The summed E-state index contributed by atoms with van der Waals surface area (Å²) in [6, 6.07) is 10.3. The van der Waals surface area contributed by atoms with Crippen LogP contribution in [-0.4, -0.2) is 32.9 Å². The van der Waals surface area contributed by atoms with Gasteiger partial charge in [-0.25, -0.2) is 4.79 Å². The third-order valence-electron chi connectivity index (χ3n) is 5.46. The number of hydrogen-bond donors (Lipinski definition) is 5. The largest absolute Gasteiger partial charge is 0.398 e. The van der Waals surface area contributed by atoms with E-state index in [1.165, 1.54) is 41.6 Å². The van der Waals surface area contributed by atoms with Gasteiger partial charge in [0.1, 0.15) is 17.7 Å². The van der Waals surface area contributed by atoms with Crippen LogP contribution in [0.3, 0.4) is 0 Å². The van der Waals surface area contributed by atoms with Gasteiger partial charge >= 0.3 is 5.69 Å². The predicted octanol–water partition coefficient (Wildman–Crippen LogP) is 1.28. The smallest absolute Gasteiger partial charge is 0.332 e. The number of nitrogens with one attached hydrogen (secondary N) is 2. The number of benzene rings is 1.